The molecule has 1 heterocycles. The quantitative estimate of drug-likeness (QED) is 0.471. The van der Waals surface area contributed by atoms with Gasteiger partial charge in [-0.2, -0.15) is 0 Å². The topological polar surface area (TPSA) is 42.0 Å². The summed E-state index contributed by atoms with van der Waals surface area (Å²) in [5, 5.41) is 0. The molecule has 0 saturated carbocycles. The van der Waals surface area contributed by atoms with Gasteiger partial charge in [-0.1, -0.05) is 68.4 Å². The third kappa shape index (κ3) is 5.78. The zero-order valence-electron chi connectivity index (χ0n) is 20.4. The van der Waals surface area contributed by atoms with E-state index in [4.69, 9.17) is 9.47 Å². The number of anilines is 1. The predicted molar refractivity (Wildman–Crippen MR) is 138 cm³/mol. The Balaban J connectivity index is 1.49. The van der Waals surface area contributed by atoms with Crippen molar-refractivity contribution in [2.75, 3.05) is 38.2 Å². The summed E-state index contributed by atoms with van der Waals surface area (Å²) >= 11 is 0. The van der Waals surface area contributed by atoms with Crippen LogP contribution in [0.1, 0.15) is 36.5 Å². The second kappa shape index (κ2) is 11.2. The van der Waals surface area contributed by atoms with Gasteiger partial charge in [-0.3, -0.25) is 9.69 Å². The van der Waals surface area contributed by atoms with Crippen molar-refractivity contribution < 1.29 is 9.47 Å². The van der Waals surface area contributed by atoms with Gasteiger partial charge in [0.1, 0.15) is 12.4 Å². The Hall–Kier alpha value is -3.31. The maximum Gasteiger partial charge on any atom is 0.224 e. The molecule has 34 heavy (non-hydrogen) atoms. The number of hydrogen-bond acceptors (Lipinski definition) is 5. The fourth-order valence-corrected chi connectivity index (χ4v) is 4.30. The molecular weight excluding hydrogens is 424 g/mol. The molecule has 0 amide bonds. The minimum Gasteiger partial charge on any atom is -0.495 e. The first-order chi connectivity index (χ1) is 16.5. The molecule has 4 rings (SSSR count). The first kappa shape index (κ1) is 23.8. The van der Waals surface area contributed by atoms with Gasteiger partial charge in [0.25, 0.3) is 0 Å². The van der Waals surface area contributed by atoms with Gasteiger partial charge in [-0.15, -0.1) is 0 Å². The molecule has 3 aromatic carbocycles. The second-order valence-corrected chi connectivity index (χ2v) is 9.06. The van der Waals surface area contributed by atoms with Gasteiger partial charge in [0.15, 0.2) is 5.75 Å². The van der Waals surface area contributed by atoms with Crippen LogP contribution in [0.2, 0.25) is 0 Å². The number of rotatable bonds is 8. The highest BCUT2D eigenvalue weighted by Gasteiger charge is 2.21. The SMILES string of the molecule is COc1ccccc1N1CCN(Cc2ccc(C(C)C)cc(OCc3ccccc3)c2=O)CC1. The molecule has 178 valence electrons. The van der Waals surface area contributed by atoms with E-state index in [2.05, 4.69) is 35.8 Å². The molecule has 5 nitrogen and oxygen atoms in total. The van der Waals surface area contributed by atoms with Crippen LogP contribution in [0, 0.1) is 0 Å². The Bertz CT molecular complexity index is 1140. The normalized spacial score (nSPS) is 14.3. The van der Waals surface area contributed by atoms with Crippen molar-refractivity contribution in [3.63, 3.8) is 0 Å². The standard InChI is InChI=1S/C29H34N2O3/c1-22(2)24-13-14-25(29(32)28(19-24)34-21-23-9-5-4-6-10-23)20-30-15-17-31(18-16-30)26-11-7-8-12-27(26)33-3/h4-14,19,22H,15-18,20-21H2,1-3H3. The summed E-state index contributed by atoms with van der Waals surface area (Å²) in [5.41, 5.74) is 4.04. The Morgan fingerprint density at radius 2 is 1.56 bits per heavy atom. The maximum atomic E-state index is 13.4. The molecule has 0 radical (unpaired) electrons. The van der Waals surface area contributed by atoms with E-state index >= 15 is 0 Å². The molecule has 1 aliphatic heterocycles. The Kier molecular flexibility index (Phi) is 7.86. The van der Waals surface area contributed by atoms with E-state index < -0.39 is 0 Å². The minimum absolute atomic E-state index is 0.0185. The number of nitrogens with zero attached hydrogens (tertiary/aromatic N) is 2. The van der Waals surface area contributed by atoms with Crippen LogP contribution in [0.15, 0.2) is 77.6 Å². The van der Waals surface area contributed by atoms with Crippen LogP contribution in [0.4, 0.5) is 5.69 Å². The molecule has 0 spiro atoms. The van der Waals surface area contributed by atoms with E-state index in [9.17, 15) is 4.79 Å². The van der Waals surface area contributed by atoms with Gasteiger partial charge in [-0.05, 0) is 35.2 Å². The lowest BCUT2D eigenvalue weighted by Crippen LogP contribution is -2.46. The number of methoxy groups -OCH3 is 1. The van der Waals surface area contributed by atoms with Crippen molar-refractivity contribution >= 4 is 5.69 Å². The van der Waals surface area contributed by atoms with Gasteiger partial charge in [0, 0.05) is 38.3 Å². The molecular formula is C29H34N2O3. The van der Waals surface area contributed by atoms with E-state index in [1.54, 1.807) is 7.11 Å². The monoisotopic (exact) mass is 458 g/mol. The highest BCUT2D eigenvalue weighted by molar-refractivity contribution is 5.58. The molecule has 1 fully saturated rings. The van der Waals surface area contributed by atoms with Crippen LogP contribution in [-0.4, -0.2) is 38.2 Å². The summed E-state index contributed by atoms with van der Waals surface area (Å²) in [5.74, 6) is 1.64. The Labute approximate surface area is 202 Å². The van der Waals surface area contributed by atoms with Crippen LogP contribution in [0.3, 0.4) is 0 Å². The first-order valence-electron chi connectivity index (χ1n) is 12.0. The highest BCUT2D eigenvalue weighted by atomic mass is 16.5. The molecule has 3 aromatic rings. The number of benzene rings is 2. The lowest BCUT2D eigenvalue weighted by Gasteiger charge is -2.36. The zero-order chi connectivity index (χ0) is 23.9. The lowest BCUT2D eigenvalue weighted by atomic mass is 10.1. The van der Waals surface area contributed by atoms with Crippen molar-refractivity contribution in [3.8, 4) is 11.5 Å². The summed E-state index contributed by atoms with van der Waals surface area (Å²) in [7, 11) is 1.71. The van der Waals surface area contributed by atoms with Crippen molar-refractivity contribution in [2.24, 2.45) is 0 Å². The fourth-order valence-electron chi connectivity index (χ4n) is 4.30. The Morgan fingerprint density at radius 3 is 2.26 bits per heavy atom. The number of hydrogen-bond donors (Lipinski definition) is 0. The van der Waals surface area contributed by atoms with E-state index in [-0.39, 0.29) is 5.43 Å². The molecule has 0 aliphatic carbocycles. The van der Waals surface area contributed by atoms with Gasteiger partial charge in [0.05, 0.1) is 12.8 Å². The van der Waals surface area contributed by atoms with Crippen molar-refractivity contribution in [3.05, 3.63) is 99.7 Å². The van der Waals surface area contributed by atoms with Crippen LogP contribution < -0.4 is 19.8 Å². The van der Waals surface area contributed by atoms with Gasteiger partial charge in [0.2, 0.25) is 5.43 Å². The molecule has 1 saturated heterocycles. The second-order valence-electron chi connectivity index (χ2n) is 9.06. The van der Waals surface area contributed by atoms with E-state index in [1.807, 2.05) is 60.7 Å². The van der Waals surface area contributed by atoms with E-state index in [0.717, 1.165) is 54.3 Å². The van der Waals surface area contributed by atoms with E-state index in [1.165, 1.54) is 0 Å². The van der Waals surface area contributed by atoms with Gasteiger partial charge < -0.3 is 14.4 Å². The highest BCUT2D eigenvalue weighted by Crippen LogP contribution is 2.28. The van der Waals surface area contributed by atoms with Gasteiger partial charge >= 0.3 is 0 Å². The van der Waals surface area contributed by atoms with Crippen LogP contribution in [0.5, 0.6) is 11.5 Å². The maximum absolute atomic E-state index is 13.4. The largest absolute Gasteiger partial charge is 0.495 e. The smallest absolute Gasteiger partial charge is 0.224 e. The average molecular weight is 459 g/mol. The molecule has 1 aliphatic rings. The number of para-hydroxylation sites is 2. The van der Waals surface area contributed by atoms with Crippen molar-refractivity contribution in [2.45, 2.75) is 32.9 Å². The number of ether oxygens (including phenoxy) is 2. The summed E-state index contributed by atoms with van der Waals surface area (Å²) in [6.45, 7) is 8.82. The summed E-state index contributed by atoms with van der Waals surface area (Å²) in [4.78, 5) is 18.1. The molecule has 0 unspecified atom stereocenters. The van der Waals surface area contributed by atoms with Crippen LogP contribution >= 0.6 is 0 Å². The predicted octanol–water partition coefficient (Wildman–Crippen LogP) is 5.08. The average Bonchev–Trinajstić information content (AvgIpc) is 3.03. The van der Waals surface area contributed by atoms with Crippen molar-refractivity contribution in [1.82, 2.24) is 4.90 Å². The number of piperazine rings is 1. The van der Waals surface area contributed by atoms with Gasteiger partial charge in [-0.25, -0.2) is 0 Å². The van der Waals surface area contributed by atoms with Crippen LogP contribution in [0.25, 0.3) is 0 Å². The van der Waals surface area contributed by atoms with Crippen molar-refractivity contribution in [1.29, 1.82) is 0 Å². The Morgan fingerprint density at radius 1 is 0.853 bits per heavy atom. The fraction of sp³-hybridized carbons (Fsp3) is 0.345. The van der Waals surface area contributed by atoms with E-state index in [0.29, 0.717) is 24.8 Å². The lowest BCUT2D eigenvalue weighted by molar-refractivity contribution is 0.247. The summed E-state index contributed by atoms with van der Waals surface area (Å²) in [6, 6.07) is 24.1. The summed E-state index contributed by atoms with van der Waals surface area (Å²) < 4.78 is 11.6. The molecule has 0 N–H and O–H groups in total. The minimum atomic E-state index is -0.0185. The molecule has 0 atom stereocenters. The zero-order valence-corrected chi connectivity index (χ0v) is 20.4. The summed E-state index contributed by atoms with van der Waals surface area (Å²) in [6.07, 6.45) is 0. The molecule has 0 aromatic heterocycles. The molecule has 0 bridgehead atoms. The third-order valence-electron chi connectivity index (χ3n) is 6.39. The molecule has 5 heteroatoms. The van der Waals surface area contributed by atoms with Crippen LogP contribution in [-0.2, 0) is 13.2 Å². The third-order valence-corrected chi connectivity index (χ3v) is 6.39. The first-order valence-corrected chi connectivity index (χ1v) is 12.0.